The SMILES string of the molecule is C[C@H](OC(=O)CCC(=O)c1cccs1)C(=O)NC(c1ccccc1)c1ccccc1. The molecule has 0 saturated heterocycles. The molecular formula is C24H23NO4S. The van der Waals surface area contributed by atoms with Gasteiger partial charge in [0.1, 0.15) is 0 Å². The lowest BCUT2D eigenvalue weighted by molar-refractivity contribution is -0.154. The molecule has 0 spiro atoms. The van der Waals surface area contributed by atoms with Crippen LogP contribution in [0.25, 0.3) is 0 Å². The molecule has 3 rings (SSSR count). The van der Waals surface area contributed by atoms with E-state index in [1.54, 1.807) is 12.1 Å². The van der Waals surface area contributed by atoms with E-state index in [0.717, 1.165) is 11.1 Å². The van der Waals surface area contributed by atoms with Crippen LogP contribution >= 0.6 is 11.3 Å². The minimum atomic E-state index is -0.968. The van der Waals surface area contributed by atoms with E-state index in [9.17, 15) is 14.4 Å². The predicted molar refractivity (Wildman–Crippen MR) is 116 cm³/mol. The second-order valence-corrected chi connectivity index (χ2v) is 7.74. The third-order valence-electron chi connectivity index (χ3n) is 4.58. The quantitative estimate of drug-likeness (QED) is 0.406. The van der Waals surface area contributed by atoms with Crippen LogP contribution in [0.4, 0.5) is 0 Å². The predicted octanol–water partition coefficient (Wildman–Crippen LogP) is 4.55. The van der Waals surface area contributed by atoms with Crippen molar-refractivity contribution in [3.63, 3.8) is 0 Å². The van der Waals surface area contributed by atoms with Gasteiger partial charge in [-0.2, -0.15) is 0 Å². The molecule has 0 aliphatic carbocycles. The van der Waals surface area contributed by atoms with Crippen molar-refractivity contribution in [2.24, 2.45) is 0 Å². The van der Waals surface area contributed by atoms with Crippen molar-refractivity contribution in [3.05, 3.63) is 94.2 Å². The van der Waals surface area contributed by atoms with Crippen LogP contribution in [0.5, 0.6) is 0 Å². The summed E-state index contributed by atoms with van der Waals surface area (Å²) in [6.07, 6.45) is -0.969. The van der Waals surface area contributed by atoms with Crippen molar-refractivity contribution in [3.8, 4) is 0 Å². The maximum absolute atomic E-state index is 12.7. The highest BCUT2D eigenvalue weighted by molar-refractivity contribution is 7.12. The molecule has 154 valence electrons. The van der Waals surface area contributed by atoms with Crippen LogP contribution in [-0.2, 0) is 14.3 Å². The van der Waals surface area contributed by atoms with E-state index < -0.39 is 18.0 Å². The number of hydrogen-bond donors (Lipinski definition) is 1. The topological polar surface area (TPSA) is 72.5 Å². The highest BCUT2D eigenvalue weighted by Crippen LogP contribution is 2.22. The summed E-state index contributed by atoms with van der Waals surface area (Å²) >= 11 is 1.34. The number of amides is 1. The Kier molecular flexibility index (Phi) is 7.51. The second kappa shape index (κ2) is 10.5. The summed E-state index contributed by atoms with van der Waals surface area (Å²) in [5, 5.41) is 4.77. The van der Waals surface area contributed by atoms with Gasteiger partial charge in [0.2, 0.25) is 0 Å². The molecule has 3 aromatic rings. The summed E-state index contributed by atoms with van der Waals surface area (Å²) < 4.78 is 5.25. The minimum absolute atomic E-state index is 0.0599. The van der Waals surface area contributed by atoms with Gasteiger partial charge in [-0.15, -0.1) is 11.3 Å². The summed E-state index contributed by atoms with van der Waals surface area (Å²) in [6.45, 7) is 1.53. The fourth-order valence-corrected chi connectivity index (χ4v) is 3.69. The Morgan fingerprint density at radius 1 is 0.867 bits per heavy atom. The van der Waals surface area contributed by atoms with E-state index in [1.165, 1.54) is 18.3 Å². The van der Waals surface area contributed by atoms with Crippen LogP contribution in [0.15, 0.2) is 78.2 Å². The van der Waals surface area contributed by atoms with Gasteiger partial charge in [-0.3, -0.25) is 14.4 Å². The molecule has 0 radical (unpaired) electrons. The maximum atomic E-state index is 12.7. The molecule has 6 heteroatoms. The van der Waals surface area contributed by atoms with E-state index in [2.05, 4.69) is 5.32 Å². The Bertz CT molecular complexity index is 931. The standard InChI is InChI=1S/C24H23NO4S/c1-17(29-22(27)15-14-20(26)21-13-8-16-30-21)24(28)25-23(18-9-4-2-5-10-18)19-11-6-3-7-12-19/h2-13,16-17,23H,14-15H2,1H3,(H,25,28)/t17-/m0/s1. The zero-order chi connectivity index (χ0) is 21.3. The molecule has 1 aromatic heterocycles. The summed E-state index contributed by atoms with van der Waals surface area (Å²) in [5.74, 6) is -1.07. The van der Waals surface area contributed by atoms with Crippen molar-refractivity contribution >= 4 is 29.0 Å². The van der Waals surface area contributed by atoms with Crippen molar-refractivity contribution < 1.29 is 19.1 Å². The molecule has 0 unspecified atom stereocenters. The molecule has 1 atom stereocenters. The fourth-order valence-electron chi connectivity index (χ4n) is 3.00. The van der Waals surface area contributed by atoms with Gasteiger partial charge >= 0.3 is 5.97 Å². The van der Waals surface area contributed by atoms with Crippen LogP contribution < -0.4 is 5.32 Å². The van der Waals surface area contributed by atoms with E-state index in [0.29, 0.717) is 4.88 Å². The zero-order valence-corrected chi connectivity index (χ0v) is 17.4. The average Bonchev–Trinajstić information content (AvgIpc) is 3.32. The van der Waals surface area contributed by atoms with Crippen LogP contribution in [0.3, 0.4) is 0 Å². The summed E-state index contributed by atoms with van der Waals surface area (Å²) in [4.78, 5) is 37.4. The van der Waals surface area contributed by atoms with Crippen LogP contribution in [0, 0.1) is 0 Å². The molecule has 0 aliphatic rings. The largest absolute Gasteiger partial charge is 0.453 e. The molecule has 5 nitrogen and oxygen atoms in total. The van der Waals surface area contributed by atoms with Gasteiger partial charge < -0.3 is 10.1 Å². The third kappa shape index (κ3) is 5.87. The number of nitrogens with one attached hydrogen (secondary N) is 1. The lowest BCUT2D eigenvalue weighted by atomic mass is 9.98. The molecule has 2 aromatic carbocycles. The van der Waals surface area contributed by atoms with E-state index in [4.69, 9.17) is 4.74 Å². The Labute approximate surface area is 179 Å². The molecule has 1 N–H and O–H groups in total. The number of hydrogen-bond acceptors (Lipinski definition) is 5. The van der Waals surface area contributed by atoms with Gasteiger partial charge in [0, 0.05) is 6.42 Å². The molecule has 0 bridgehead atoms. The third-order valence-corrected chi connectivity index (χ3v) is 5.49. The van der Waals surface area contributed by atoms with Crippen LogP contribution in [-0.4, -0.2) is 23.8 Å². The Morgan fingerprint density at radius 2 is 1.47 bits per heavy atom. The first-order chi connectivity index (χ1) is 14.5. The minimum Gasteiger partial charge on any atom is -0.453 e. The highest BCUT2D eigenvalue weighted by Gasteiger charge is 2.23. The average molecular weight is 422 g/mol. The van der Waals surface area contributed by atoms with Gasteiger partial charge in [0.25, 0.3) is 5.91 Å². The summed E-state index contributed by atoms with van der Waals surface area (Å²) in [6, 6.07) is 22.4. The highest BCUT2D eigenvalue weighted by atomic mass is 32.1. The Hall–Kier alpha value is -3.25. The fraction of sp³-hybridized carbons (Fsp3) is 0.208. The van der Waals surface area contributed by atoms with Crippen LogP contribution in [0.1, 0.15) is 46.6 Å². The van der Waals surface area contributed by atoms with Gasteiger partial charge in [0.05, 0.1) is 17.3 Å². The summed E-state index contributed by atoms with van der Waals surface area (Å²) in [5.41, 5.74) is 1.86. The molecule has 0 fully saturated rings. The molecule has 30 heavy (non-hydrogen) atoms. The van der Waals surface area contributed by atoms with Gasteiger partial charge in [-0.1, -0.05) is 66.7 Å². The number of rotatable bonds is 9. The smallest absolute Gasteiger partial charge is 0.307 e. The first-order valence-electron chi connectivity index (χ1n) is 9.71. The number of carbonyl (C=O) groups is 3. The number of ketones is 1. The molecule has 0 aliphatic heterocycles. The number of thiophene rings is 1. The van der Waals surface area contributed by atoms with Crippen LogP contribution in [0.2, 0.25) is 0 Å². The van der Waals surface area contributed by atoms with Gasteiger partial charge in [0.15, 0.2) is 11.9 Å². The number of Topliss-reactive ketones (excluding diaryl/α,β-unsaturated/α-hetero) is 1. The van der Waals surface area contributed by atoms with Crippen molar-refractivity contribution in [2.75, 3.05) is 0 Å². The molecule has 1 heterocycles. The monoisotopic (exact) mass is 421 g/mol. The van der Waals surface area contributed by atoms with E-state index >= 15 is 0 Å². The lowest BCUT2D eigenvalue weighted by Gasteiger charge is -2.22. The van der Waals surface area contributed by atoms with Crippen molar-refractivity contribution in [1.29, 1.82) is 0 Å². The van der Waals surface area contributed by atoms with E-state index in [-0.39, 0.29) is 24.7 Å². The zero-order valence-electron chi connectivity index (χ0n) is 16.6. The van der Waals surface area contributed by atoms with Crippen molar-refractivity contribution in [1.82, 2.24) is 5.32 Å². The Morgan fingerprint density at radius 3 is 2.00 bits per heavy atom. The van der Waals surface area contributed by atoms with Gasteiger partial charge in [-0.25, -0.2) is 0 Å². The molecule has 0 saturated carbocycles. The Balaban J connectivity index is 1.58. The number of carbonyl (C=O) groups excluding carboxylic acids is 3. The first kappa shape index (κ1) is 21.5. The molecule has 1 amide bonds. The normalized spacial score (nSPS) is 11.7. The molecular weight excluding hydrogens is 398 g/mol. The van der Waals surface area contributed by atoms with Gasteiger partial charge in [-0.05, 0) is 29.5 Å². The number of ether oxygens (including phenoxy) is 1. The number of esters is 1. The van der Waals surface area contributed by atoms with Crippen molar-refractivity contribution in [2.45, 2.75) is 31.9 Å². The maximum Gasteiger partial charge on any atom is 0.307 e. The first-order valence-corrected chi connectivity index (χ1v) is 10.6. The number of benzene rings is 2. The van der Waals surface area contributed by atoms with E-state index in [1.807, 2.05) is 66.0 Å². The lowest BCUT2D eigenvalue weighted by Crippen LogP contribution is -2.38. The second-order valence-electron chi connectivity index (χ2n) is 6.80. The summed E-state index contributed by atoms with van der Waals surface area (Å²) in [7, 11) is 0.